The van der Waals surface area contributed by atoms with E-state index in [-0.39, 0.29) is 4.90 Å². The van der Waals surface area contributed by atoms with Crippen LogP contribution in [0.3, 0.4) is 0 Å². The number of carboxylic acids is 1. The summed E-state index contributed by atoms with van der Waals surface area (Å²) in [5, 5.41) is 8.90. The van der Waals surface area contributed by atoms with E-state index in [1.807, 2.05) is 0 Å². The van der Waals surface area contributed by atoms with Crippen molar-refractivity contribution in [2.24, 2.45) is 11.8 Å². The standard InChI is InChI=1S/C12H13F3N2O4S/c13-12(14,15)10-6-17(5-9(10)11(18)19)22(20,21)8-3-1-7(16)2-4-8/h1-4,9-10H,5-6,16H2,(H,18,19)/t9-,10-/m1/s1. The molecule has 1 aromatic rings. The van der Waals surface area contributed by atoms with Gasteiger partial charge in [0.15, 0.2) is 0 Å². The van der Waals surface area contributed by atoms with Crippen molar-refractivity contribution < 1.29 is 31.5 Å². The van der Waals surface area contributed by atoms with Gasteiger partial charge in [0, 0.05) is 18.8 Å². The average molecular weight is 338 g/mol. The van der Waals surface area contributed by atoms with Crippen LogP contribution in [0.2, 0.25) is 0 Å². The lowest BCUT2D eigenvalue weighted by Crippen LogP contribution is -2.34. The predicted molar refractivity (Wildman–Crippen MR) is 70.3 cm³/mol. The van der Waals surface area contributed by atoms with Gasteiger partial charge in [-0.05, 0) is 24.3 Å². The van der Waals surface area contributed by atoms with E-state index in [0.717, 1.165) is 0 Å². The first kappa shape index (κ1) is 16.6. The van der Waals surface area contributed by atoms with Crippen molar-refractivity contribution in [3.8, 4) is 0 Å². The van der Waals surface area contributed by atoms with Crippen molar-refractivity contribution in [1.82, 2.24) is 4.31 Å². The monoisotopic (exact) mass is 338 g/mol. The number of alkyl halides is 3. The molecule has 1 aliphatic rings. The number of nitrogen functional groups attached to an aromatic ring is 1. The number of anilines is 1. The van der Waals surface area contributed by atoms with E-state index in [4.69, 9.17) is 10.8 Å². The first-order chi connectivity index (χ1) is 10.0. The van der Waals surface area contributed by atoms with Gasteiger partial charge in [-0.2, -0.15) is 17.5 Å². The molecule has 1 aliphatic heterocycles. The van der Waals surface area contributed by atoms with Crippen LogP contribution in [-0.2, 0) is 14.8 Å². The number of rotatable bonds is 3. The number of nitrogens with two attached hydrogens (primary N) is 1. The first-order valence-corrected chi connectivity index (χ1v) is 7.62. The third-order valence-electron chi connectivity index (χ3n) is 3.54. The molecule has 0 amide bonds. The Balaban J connectivity index is 2.33. The quantitative estimate of drug-likeness (QED) is 0.805. The Hall–Kier alpha value is -1.81. The molecule has 0 saturated carbocycles. The number of sulfonamides is 1. The van der Waals surface area contributed by atoms with Crippen molar-refractivity contribution in [3.63, 3.8) is 0 Å². The number of halogens is 3. The van der Waals surface area contributed by atoms with E-state index in [1.54, 1.807) is 0 Å². The zero-order chi connectivity index (χ0) is 16.7. The molecule has 2 rings (SSSR count). The fourth-order valence-corrected chi connectivity index (χ4v) is 3.83. The normalized spacial score (nSPS) is 23.6. The van der Waals surface area contributed by atoms with Crippen LogP contribution in [0.1, 0.15) is 0 Å². The maximum Gasteiger partial charge on any atom is 0.393 e. The number of aliphatic carboxylic acids is 1. The Kier molecular flexibility index (Phi) is 4.09. The van der Waals surface area contributed by atoms with Gasteiger partial charge < -0.3 is 10.8 Å². The minimum absolute atomic E-state index is 0.228. The van der Waals surface area contributed by atoms with Crippen molar-refractivity contribution in [3.05, 3.63) is 24.3 Å². The van der Waals surface area contributed by atoms with E-state index < -0.39 is 47.1 Å². The highest BCUT2D eigenvalue weighted by Crippen LogP contribution is 2.39. The van der Waals surface area contributed by atoms with Crippen LogP contribution in [0.4, 0.5) is 18.9 Å². The first-order valence-electron chi connectivity index (χ1n) is 6.18. The fraction of sp³-hybridized carbons (Fsp3) is 0.417. The molecule has 1 fully saturated rings. The SMILES string of the molecule is Nc1ccc(S(=O)(=O)N2C[C@@H](C(F)(F)F)[C@H](C(=O)O)C2)cc1. The second-order valence-electron chi connectivity index (χ2n) is 4.98. The summed E-state index contributed by atoms with van der Waals surface area (Å²) < 4.78 is 63.8. The van der Waals surface area contributed by atoms with Crippen LogP contribution in [-0.4, -0.2) is 43.1 Å². The average Bonchev–Trinajstić information content (AvgIpc) is 2.85. The molecule has 10 heteroatoms. The van der Waals surface area contributed by atoms with Crippen molar-refractivity contribution in [2.75, 3.05) is 18.8 Å². The van der Waals surface area contributed by atoms with E-state index in [9.17, 15) is 26.4 Å². The molecule has 1 aromatic carbocycles. The van der Waals surface area contributed by atoms with Crippen molar-refractivity contribution in [2.45, 2.75) is 11.1 Å². The van der Waals surface area contributed by atoms with Crippen LogP contribution < -0.4 is 5.73 Å². The molecular weight excluding hydrogens is 325 g/mol. The third-order valence-corrected chi connectivity index (χ3v) is 5.39. The number of carboxylic acid groups (broad SMARTS) is 1. The number of hydrogen-bond donors (Lipinski definition) is 2. The number of nitrogens with zero attached hydrogens (tertiary/aromatic N) is 1. The minimum Gasteiger partial charge on any atom is -0.481 e. The maximum absolute atomic E-state index is 12.9. The highest BCUT2D eigenvalue weighted by molar-refractivity contribution is 7.89. The summed E-state index contributed by atoms with van der Waals surface area (Å²) in [6.45, 7) is -1.63. The second kappa shape index (κ2) is 5.43. The molecule has 0 bridgehead atoms. The smallest absolute Gasteiger partial charge is 0.393 e. The number of benzene rings is 1. The second-order valence-corrected chi connectivity index (χ2v) is 6.92. The zero-order valence-corrected chi connectivity index (χ0v) is 11.9. The van der Waals surface area contributed by atoms with Crippen LogP contribution in [0.15, 0.2) is 29.2 Å². The predicted octanol–water partition coefficient (Wildman–Crippen LogP) is 1.15. The maximum atomic E-state index is 12.9. The summed E-state index contributed by atoms with van der Waals surface area (Å²) in [4.78, 5) is 10.7. The summed E-state index contributed by atoms with van der Waals surface area (Å²) in [5.74, 6) is -5.71. The molecule has 2 atom stereocenters. The van der Waals surface area contributed by atoms with E-state index in [0.29, 0.717) is 9.99 Å². The highest BCUT2D eigenvalue weighted by Gasteiger charge is 2.54. The van der Waals surface area contributed by atoms with Gasteiger partial charge in [0.25, 0.3) is 0 Å². The van der Waals surface area contributed by atoms with E-state index >= 15 is 0 Å². The van der Waals surface area contributed by atoms with Crippen LogP contribution in [0.5, 0.6) is 0 Å². The zero-order valence-electron chi connectivity index (χ0n) is 11.1. The molecule has 122 valence electrons. The molecule has 22 heavy (non-hydrogen) atoms. The molecule has 0 spiro atoms. The third kappa shape index (κ3) is 3.02. The lowest BCUT2D eigenvalue weighted by molar-refractivity contribution is -0.187. The van der Waals surface area contributed by atoms with E-state index in [2.05, 4.69) is 0 Å². The molecule has 1 saturated heterocycles. The van der Waals surface area contributed by atoms with Crippen molar-refractivity contribution >= 4 is 21.7 Å². The Morgan fingerprint density at radius 2 is 1.77 bits per heavy atom. The Morgan fingerprint density at radius 1 is 1.23 bits per heavy atom. The Bertz CT molecular complexity index is 673. The number of hydrogen-bond acceptors (Lipinski definition) is 4. The lowest BCUT2D eigenvalue weighted by Gasteiger charge is -2.18. The van der Waals surface area contributed by atoms with Gasteiger partial charge in [-0.15, -0.1) is 0 Å². The molecule has 0 aromatic heterocycles. The largest absolute Gasteiger partial charge is 0.481 e. The molecule has 3 N–H and O–H groups in total. The summed E-state index contributed by atoms with van der Waals surface area (Å²) in [5.41, 5.74) is 5.73. The molecule has 0 aliphatic carbocycles. The molecule has 1 heterocycles. The van der Waals surface area contributed by atoms with Gasteiger partial charge in [0.05, 0.1) is 16.7 Å². The number of carbonyl (C=O) groups is 1. The van der Waals surface area contributed by atoms with Gasteiger partial charge >= 0.3 is 12.1 Å². The summed E-state index contributed by atoms with van der Waals surface area (Å²) in [6.07, 6.45) is -4.78. The Morgan fingerprint density at radius 3 is 2.18 bits per heavy atom. The topological polar surface area (TPSA) is 101 Å². The summed E-state index contributed by atoms with van der Waals surface area (Å²) >= 11 is 0. The molecule has 0 unspecified atom stereocenters. The molecule has 0 radical (unpaired) electrons. The highest BCUT2D eigenvalue weighted by atomic mass is 32.2. The van der Waals surface area contributed by atoms with Gasteiger partial charge in [-0.1, -0.05) is 0 Å². The van der Waals surface area contributed by atoms with E-state index in [1.165, 1.54) is 24.3 Å². The van der Waals surface area contributed by atoms with Crippen molar-refractivity contribution in [1.29, 1.82) is 0 Å². The fourth-order valence-electron chi connectivity index (χ4n) is 2.33. The van der Waals surface area contributed by atoms with Crippen LogP contribution in [0, 0.1) is 11.8 Å². The Labute approximate surface area is 124 Å². The summed E-state index contributed by atoms with van der Waals surface area (Å²) in [6, 6.07) is 4.94. The van der Waals surface area contributed by atoms with Gasteiger partial charge in [0.1, 0.15) is 0 Å². The summed E-state index contributed by atoms with van der Waals surface area (Å²) in [7, 11) is -4.20. The minimum atomic E-state index is -4.78. The van der Waals surface area contributed by atoms with Gasteiger partial charge in [-0.3, -0.25) is 4.79 Å². The van der Waals surface area contributed by atoms with Gasteiger partial charge in [-0.25, -0.2) is 8.42 Å². The molecular formula is C12H13F3N2O4S. The van der Waals surface area contributed by atoms with Gasteiger partial charge in [0.2, 0.25) is 10.0 Å². The van der Waals surface area contributed by atoms with Crippen LogP contribution >= 0.6 is 0 Å². The molecule has 6 nitrogen and oxygen atoms in total. The van der Waals surface area contributed by atoms with Crippen LogP contribution in [0.25, 0.3) is 0 Å². The lowest BCUT2D eigenvalue weighted by atomic mass is 9.96.